The van der Waals surface area contributed by atoms with Gasteiger partial charge in [0.25, 0.3) is 5.56 Å². The Morgan fingerprint density at radius 3 is 2.33 bits per heavy atom. The molecule has 0 bridgehead atoms. The number of hydrogen-bond acceptors (Lipinski definition) is 3. The fourth-order valence-corrected chi connectivity index (χ4v) is 5.49. The molecule has 0 fully saturated rings. The lowest BCUT2D eigenvalue weighted by Crippen LogP contribution is -2.13. The third kappa shape index (κ3) is 3.88. The maximum atomic E-state index is 13.7. The lowest BCUT2D eigenvalue weighted by molar-refractivity contribution is 0.979. The van der Waals surface area contributed by atoms with Gasteiger partial charge in [-0.15, -0.1) is 0 Å². The van der Waals surface area contributed by atoms with E-state index in [-0.39, 0.29) is 5.56 Å². The van der Waals surface area contributed by atoms with E-state index in [1.807, 2.05) is 68.5 Å². The van der Waals surface area contributed by atoms with E-state index >= 15 is 0 Å². The second-order valence-electron chi connectivity index (χ2n) is 9.48. The molecule has 6 aromatic rings. The quantitative estimate of drug-likeness (QED) is 0.177. The van der Waals surface area contributed by atoms with Gasteiger partial charge in [0.2, 0.25) is 0 Å². The summed E-state index contributed by atoms with van der Waals surface area (Å²) < 4.78 is 1.74. The zero-order chi connectivity index (χ0) is 27.1. The first kappa shape index (κ1) is 24.5. The van der Waals surface area contributed by atoms with E-state index in [4.69, 9.17) is 9.97 Å². The highest BCUT2D eigenvalue weighted by Crippen LogP contribution is 2.37. The number of aromatic nitrogens is 3. The van der Waals surface area contributed by atoms with Crippen LogP contribution in [0.1, 0.15) is 32.3 Å². The van der Waals surface area contributed by atoms with Crippen molar-refractivity contribution in [1.29, 1.82) is 0 Å². The average Bonchev–Trinajstić information content (AvgIpc) is 3.32. The molecule has 3 aromatic heterocycles. The Labute approximate surface area is 227 Å². The highest BCUT2D eigenvalue weighted by Gasteiger charge is 2.21. The van der Waals surface area contributed by atoms with Crippen LogP contribution in [0, 0.1) is 0 Å². The Hall–Kier alpha value is -4.83. The minimum atomic E-state index is -0.0782. The molecular weight excluding hydrogens is 478 g/mol. The van der Waals surface area contributed by atoms with Crippen LogP contribution in [0.4, 0.5) is 0 Å². The Balaban J connectivity index is 0.00000135. The number of rotatable bonds is 4. The molecule has 0 atom stereocenters. The molecular formula is C35H29N3O. The maximum absolute atomic E-state index is 13.7. The minimum absolute atomic E-state index is 0.0782. The standard InChI is InChI=1S/C33H23N3O.C2H6/c1-3-21(17-20(2)22-11-5-4-6-12-22)23-18-26-24-13-7-8-14-25(24)33(37)36-31(26)27(19-23)30-32(36)35-29-16-10-9-15-28(29)34-30;1-2/h3-5,7-11,13-19H,1-2,6,12H2;1-2H3/b21-17+;. The molecule has 190 valence electrons. The van der Waals surface area contributed by atoms with Gasteiger partial charge < -0.3 is 0 Å². The Kier molecular flexibility index (Phi) is 6.16. The van der Waals surface area contributed by atoms with Crippen molar-refractivity contribution in [2.24, 2.45) is 0 Å². The van der Waals surface area contributed by atoms with Crippen molar-refractivity contribution in [3.05, 3.63) is 131 Å². The topological polar surface area (TPSA) is 47.3 Å². The lowest BCUT2D eigenvalue weighted by Gasteiger charge is -2.12. The molecule has 3 heterocycles. The van der Waals surface area contributed by atoms with E-state index in [0.717, 1.165) is 67.8 Å². The summed E-state index contributed by atoms with van der Waals surface area (Å²) >= 11 is 0. The predicted octanol–water partition coefficient (Wildman–Crippen LogP) is 8.57. The number of hydrogen-bond donors (Lipinski definition) is 0. The van der Waals surface area contributed by atoms with E-state index in [1.165, 1.54) is 5.57 Å². The second kappa shape index (κ2) is 9.80. The molecule has 0 saturated carbocycles. The van der Waals surface area contributed by atoms with E-state index in [1.54, 1.807) is 4.40 Å². The predicted molar refractivity (Wildman–Crippen MR) is 166 cm³/mol. The molecule has 0 N–H and O–H groups in total. The number of para-hydroxylation sites is 2. The van der Waals surface area contributed by atoms with Gasteiger partial charge in [-0.3, -0.25) is 9.20 Å². The molecule has 1 aliphatic rings. The molecule has 39 heavy (non-hydrogen) atoms. The number of nitrogens with zero attached hydrogens (tertiary/aromatic N) is 3. The van der Waals surface area contributed by atoms with Gasteiger partial charge in [0, 0.05) is 16.2 Å². The summed E-state index contributed by atoms with van der Waals surface area (Å²) in [7, 11) is 0. The van der Waals surface area contributed by atoms with Crippen LogP contribution >= 0.6 is 0 Å². The van der Waals surface area contributed by atoms with Crippen LogP contribution in [-0.4, -0.2) is 14.4 Å². The van der Waals surface area contributed by atoms with Gasteiger partial charge in [0.1, 0.15) is 5.52 Å². The molecule has 0 spiro atoms. The average molecular weight is 508 g/mol. The lowest BCUT2D eigenvalue weighted by atomic mass is 9.93. The first-order valence-electron chi connectivity index (χ1n) is 13.4. The van der Waals surface area contributed by atoms with Crippen molar-refractivity contribution < 1.29 is 0 Å². The van der Waals surface area contributed by atoms with Crippen LogP contribution in [0.2, 0.25) is 0 Å². The Bertz CT molecular complexity index is 2090. The Morgan fingerprint density at radius 2 is 1.62 bits per heavy atom. The summed E-state index contributed by atoms with van der Waals surface area (Å²) in [6.07, 6.45) is 12.4. The van der Waals surface area contributed by atoms with Crippen molar-refractivity contribution >= 4 is 54.8 Å². The third-order valence-corrected chi connectivity index (χ3v) is 7.31. The van der Waals surface area contributed by atoms with Crippen molar-refractivity contribution in [3.63, 3.8) is 0 Å². The summed E-state index contributed by atoms with van der Waals surface area (Å²) in [5.41, 5.74) is 7.83. The number of allylic oxidation sites excluding steroid dienone is 8. The second-order valence-corrected chi connectivity index (χ2v) is 9.48. The molecule has 3 aromatic carbocycles. The fraction of sp³-hybridized carbons (Fsp3) is 0.114. The summed E-state index contributed by atoms with van der Waals surface area (Å²) in [5.74, 6) is 0. The van der Waals surface area contributed by atoms with Crippen LogP contribution < -0.4 is 5.56 Å². The van der Waals surface area contributed by atoms with Crippen molar-refractivity contribution in [2.45, 2.75) is 26.7 Å². The zero-order valence-electron chi connectivity index (χ0n) is 22.2. The zero-order valence-corrected chi connectivity index (χ0v) is 22.2. The van der Waals surface area contributed by atoms with E-state index < -0.39 is 0 Å². The van der Waals surface area contributed by atoms with Crippen LogP contribution in [0.25, 0.3) is 54.8 Å². The van der Waals surface area contributed by atoms with E-state index in [2.05, 4.69) is 49.6 Å². The number of fused-ring (bicyclic) bond motifs is 6. The number of pyridine rings is 1. The maximum Gasteiger partial charge on any atom is 0.264 e. The minimum Gasteiger partial charge on any atom is -0.268 e. The van der Waals surface area contributed by atoms with Gasteiger partial charge in [0.05, 0.1) is 16.6 Å². The van der Waals surface area contributed by atoms with Crippen LogP contribution in [0.3, 0.4) is 0 Å². The Morgan fingerprint density at radius 1 is 0.923 bits per heavy atom. The van der Waals surface area contributed by atoms with Gasteiger partial charge in [0.15, 0.2) is 5.65 Å². The van der Waals surface area contributed by atoms with Crippen LogP contribution in [-0.2, 0) is 0 Å². The van der Waals surface area contributed by atoms with E-state index in [0.29, 0.717) is 11.0 Å². The van der Waals surface area contributed by atoms with Gasteiger partial charge >= 0.3 is 0 Å². The summed E-state index contributed by atoms with van der Waals surface area (Å²) in [6, 6.07) is 19.8. The molecule has 0 unspecified atom stereocenters. The van der Waals surface area contributed by atoms with Crippen LogP contribution in [0.5, 0.6) is 0 Å². The smallest absolute Gasteiger partial charge is 0.264 e. The molecule has 0 saturated heterocycles. The van der Waals surface area contributed by atoms with Gasteiger partial charge in [-0.2, -0.15) is 0 Å². The van der Waals surface area contributed by atoms with Crippen molar-refractivity contribution in [1.82, 2.24) is 14.4 Å². The van der Waals surface area contributed by atoms with Crippen molar-refractivity contribution in [3.8, 4) is 0 Å². The monoisotopic (exact) mass is 507 g/mol. The summed E-state index contributed by atoms with van der Waals surface area (Å²) in [5, 5.41) is 3.47. The first-order chi connectivity index (χ1) is 19.1. The first-order valence-corrected chi connectivity index (χ1v) is 13.4. The van der Waals surface area contributed by atoms with E-state index in [9.17, 15) is 4.79 Å². The number of benzene rings is 3. The highest BCUT2D eigenvalue weighted by atomic mass is 16.1. The SMILES string of the molecule is C=C/C(=C\C(=C)C1=CC=CCC1)c1cc2c3ccccc3c(=O)n3c4nc5ccccc5nc4c(c1)c23.CC. The van der Waals surface area contributed by atoms with Gasteiger partial charge in [-0.1, -0.05) is 81.6 Å². The summed E-state index contributed by atoms with van der Waals surface area (Å²) in [6.45, 7) is 12.5. The van der Waals surface area contributed by atoms with Gasteiger partial charge in [-0.05, 0) is 76.9 Å². The fourth-order valence-electron chi connectivity index (χ4n) is 5.49. The molecule has 4 nitrogen and oxygen atoms in total. The largest absolute Gasteiger partial charge is 0.268 e. The third-order valence-electron chi connectivity index (χ3n) is 7.31. The molecule has 0 radical (unpaired) electrons. The van der Waals surface area contributed by atoms with Gasteiger partial charge in [-0.25, -0.2) is 9.97 Å². The molecule has 0 aliphatic heterocycles. The van der Waals surface area contributed by atoms with Crippen molar-refractivity contribution in [2.75, 3.05) is 0 Å². The highest BCUT2D eigenvalue weighted by molar-refractivity contribution is 6.20. The van der Waals surface area contributed by atoms with Crippen LogP contribution in [0.15, 0.2) is 120 Å². The molecule has 7 rings (SSSR count). The summed E-state index contributed by atoms with van der Waals surface area (Å²) in [4.78, 5) is 23.6. The normalized spacial score (nSPS) is 13.7. The molecule has 1 aliphatic carbocycles. The molecule has 0 amide bonds. The molecule has 4 heteroatoms.